The van der Waals surface area contributed by atoms with Crippen molar-refractivity contribution in [3.8, 4) is 39.6 Å². The number of benzene rings is 1. The van der Waals surface area contributed by atoms with Gasteiger partial charge >= 0.3 is 0 Å². The summed E-state index contributed by atoms with van der Waals surface area (Å²) < 4.78 is 15.4. The minimum Gasteiger partial charge on any atom is -0.496 e. The fourth-order valence-corrected chi connectivity index (χ4v) is 4.65. The number of hydrogen-bond donors (Lipinski definition) is 0. The van der Waals surface area contributed by atoms with E-state index in [2.05, 4.69) is 5.10 Å². The lowest BCUT2D eigenvalue weighted by molar-refractivity contribution is 0.0646. The zero-order chi connectivity index (χ0) is 24.2. The molecule has 0 spiro atoms. The summed E-state index contributed by atoms with van der Waals surface area (Å²) in [6.45, 7) is 6.27. The van der Waals surface area contributed by atoms with E-state index in [1.165, 1.54) is 0 Å². The van der Waals surface area contributed by atoms with Gasteiger partial charge in [0.05, 0.1) is 24.7 Å². The molecule has 8 nitrogen and oxygen atoms in total. The first-order valence-electron chi connectivity index (χ1n) is 11.0. The first-order valence-corrected chi connectivity index (χ1v) is 11.9. The molecule has 4 aromatic rings. The number of ether oxygens (including phenoxy) is 2. The number of fused-ring (bicyclic) bond motifs is 3. The molecule has 0 radical (unpaired) electrons. The van der Waals surface area contributed by atoms with Gasteiger partial charge in [-0.15, -0.1) is 0 Å². The third-order valence-electron chi connectivity index (χ3n) is 6.19. The van der Waals surface area contributed by atoms with Crippen molar-refractivity contribution >= 4 is 17.2 Å². The molecule has 3 aromatic heterocycles. The maximum absolute atomic E-state index is 13.5. The van der Waals surface area contributed by atoms with E-state index in [1.54, 1.807) is 41.3 Å². The minimum absolute atomic E-state index is 0.134. The molecule has 0 N–H and O–H groups in total. The molecule has 1 aliphatic rings. The van der Waals surface area contributed by atoms with Crippen LogP contribution < -0.4 is 9.47 Å². The van der Waals surface area contributed by atoms with Crippen molar-refractivity contribution in [2.75, 3.05) is 14.2 Å². The molecular formula is C25H27N5O3S. The lowest BCUT2D eigenvalue weighted by Crippen LogP contribution is -2.43. The number of thiophene rings is 1. The van der Waals surface area contributed by atoms with Gasteiger partial charge in [-0.1, -0.05) is 0 Å². The molecule has 5 rings (SSSR count). The Morgan fingerprint density at radius 2 is 2.06 bits per heavy atom. The molecule has 1 aliphatic heterocycles. The number of aromatic nitrogens is 4. The van der Waals surface area contributed by atoms with Gasteiger partial charge in [0.2, 0.25) is 0 Å². The largest absolute Gasteiger partial charge is 0.496 e. The highest BCUT2D eigenvalue weighted by Crippen LogP contribution is 2.46. The van der Waals surface area contributed by atoms with Crippen molar-refractivity contribution < 1.29 is 14.3 Å². The van der Waals surface area contributed by atoms with Gasteiger partial charge in [-0.2, -0.15) is 21.5 Å². The van der Waals surface area contributed by atoms with Crippen molar-refractivity contribution in [2.45, 2.75) is 32.9 Å². The average molecular weight is 478 g/mol. The smallest absolute Gasteiger partial charge is 0.274 e. The summed E-state index contributed by atoms with van der Waals surface area (Å²) in [5.74, 6) is 1.25. The summed E-state index contributed by atoms with van der Waals surface area (Å²) in [4.78, 5) is 15.2. The van der Waals surface area contributed by atoms with E-state index in [0.29, 0.717) is 17.2 Å². The van der Waals surface area contributed by atoms with Crippen LogP contribution in [0.15, 0.2) is 41.4 Å². The van der Waals surface area contributed by atoms with Crippen molar-refractivity contribution in [1.82, 2.24) is 24.5 Å². The molecule has 0 saturated carbocycles. The van der Waals surface area contributed by atoms with Crippen LogP contribution in [0.2, 0.25) is 0 Å². The zero-order valence-electron chi connectivity index (χ0n) is 20.1. The molecule has 0 unspecified atom stereocenters. The lowest BCUT2D eigenvalue weighted by Gasteiger charge is -2.31. The van der Waals surface area contributed by atoms with E-state index in [1.807, 2.05) is 67.7 Å². The van der Waals surface area contributed by atoms with Crippen LogP contribution in [0.5, 0.6) is 11.5 Å². The summed E-state index contributed by atoms with van der Waals surface area (Å²) in [5.41, 5.74) is 5.29. The molecule has 176 valence electrons. The Bertz CT molecular complexity index is 1380. The van der Waals surface area contributed by atoms with E-state index in [-0.39, 0.29) is 18.1 Å². The first-order chi connectivity index (χ1) is 16.2. The number of hydrogen-bond acceptors (Lipinski definition) is 6. The Morgan fingerprint density at radius 3 is 2.68 bits per heavy atom. The molecule has 9 heteroatoms. The normalized spacial score (nSPS) is 12.6. The van der Waals surface area contributed by atoms with Crippen LogP contribution in [0.1, 0.15) is 36.8 Å². The number of aryl methyl sites for hydroxylation is 1. The molecular weight excluding hydrogens is 450 g/mol. The monoisotopic (exact) mass is 477 g/mol. The average Bonchev–Trinajstić information content (AvgIpc) is 3.55. The van der Waals surface area contributed by atoms with Gasteiger partial charge in [-0.25, -0.2) is 4.68 Å². The lowest BCUT2D eigenvalue weighted by atomic mass is 9.96. The van der Waals surface area contributed by atoms with Crippen LogP contribution in [0, 0.1) is 0 Å². The summed E-state index contributed by atoms with van der Waals surface area (Å²) in [7, 11) is 5.33. The molecule has 0 saturated heterocycles. The van der Waals surface area contributed by atoms with Gasteiger partial charge in [0.1, 0.15) is 18.1 Å². The number of methoxy groups -OCH3 is 1. The maximum atomic E-state index is 13.5. The zero-order valence-corrected chi connectivity index (χ0v) is 20.9. The predicted octanol–water partition coefficient (Wildman–Crippen LogP) is 4.77. The topological polar surface area (TPSA) is 74.4 Å². The fourth-order valence-electron chi connectivity index (χ4n) is 4.03. The summed E-state index contributed by atoms with van der Waals surface area (Å²) in [6, 6.07) is 5.93. The standard InChI is InChI=1S/C25H27N5O3S/c1-25(2,3)29(5)24(31)22-19-13-33-21-10-20(32-6)17(15-11-26-28(4)12-15)9-18(21)23(19)30(27-22)16-7-8-34-14-16/h7-12,14H,13H2,1-6H3. The Hall–Kier alpha value is -3.59. The molecule has 1 aromatic carbocycles. The van der Waals surface area contributed by atoms with E-state index in [9.17, 15) is 4.79 Å². The molecule has 0 atom stereocenters. The number of amides is 1. The molecule has 1 amide bonds. The Kier molecular flexibility index (Phi) is 5.24. The van der Waals surface area contributed by atoms with Gasteiger partial charge in [0.25, 0.3) is 5.91 Å². The van der Waals surface area contributed by atoms with Crippen LogP contribution in [-0.4, -0.2) is 50.1 Å². The Morgan fingerprint density at radius 1 is 1.26 bits per heavy atom. The Balaban J connectivity index is 1.75. The highest BCUT2D eigenvalue weighted by molar-refractivity contribution is 7.08. The summed E-state index contributed by atoms with van der Waals surface area (Å²) in [5, 5.41) is 13.2. The third kappa shape index (κ3) is 3.56. The van der Waals surface area contributed by atoms with Crippen molar-refractivity contribution in [3.05, 3.63) is 52.6 Å². The van der Waals surface area contributed by atoms with Crippen LogP contribution in [0.25, 0.3) is 28.1 Å². The quantitative estimate of drug-likeness (QED) is 0.423. The molecule has 34 heavy (non-hydrogen) atoms. The van der Waals surface area contributed by atoms with Crippen LogP contribution in [0.3, 0.4) is 0 Å². The van der Waals surface area contributed by atoms with E-state index in [0.717, 1.165) is 33.6 Å². The van der Waals surface area contributed by atoms with Gasteiger partial charge in [-0.3, -0.25) is 9.48 Å². The van der Waals surface area contributed by atoms with Gasteiger partial charge in [0.15, 0.2) is 5.69 Å². The molecule has 0 aliphatic carbocycles. The van der Waals surface area contributed by atoms with Crippen LogP contribution >= 0.6 is 11.3 Å². The number of carbonyl (C=O) groups excluding carboxylic acids is 1. The highest BCUT2D eigenvalue weighted by Gasteiger charge is 2.34. The fraction of sp³-hybridized carbons (Fsp3) is 0.320. The van der Waals surface area contributed by atoms with Crippen LogP contribution in [-0.2, 0) is 13.7 Å². The van der Waals surface area contributed by atoms with Gasteiger partial charge in [-0.05, 0) is 38.3 Å². The number of nitrogens with zero attached hydrogens (tertiary/aromatic N) is 5. The van der Waals surface area contributed by atoms with Crippen molar-refractivity contribution in [2.24, 2.45) is 7.05 Å². The number of carbonyl (C=O) groups is 1. The van der Waals surface area contributed by atoms with E-state index >= 15 is 0 Å². The van der Waals surface area contributed by atoms with E-state index < -0.39 is 0 Å². The third-order valence-corrected chi connectivity index (χ3v) is 6.86. The molecule has 0 fully saturated rings. The molecule has 4 heterocycles. The summed E-state index contributed by atoms with van der Waals surface area (Å²) in [6.07, 6.45) is 3.75. The second-order valence-corrected chi connectivity index (χ2v) is 10.1. The van der Waals surface area contributed by atoms with Crippen molar-refractivity contribution in [3.63, 3.8) is 0 Å². The highest BCUT2D eigenvalue weighted by atomic mass is 32.1. The Labute approximate surface area is 202 Å². The summed E-state index contributed by atoms with van der Waals surface area (Å²) >= 11 is 1.59. The SMILES string of the molecule is COc1cc2c(cc1-c1cnn(C)c1)-c1c(c(C(=O)N(C)C(C)(C)C)nn1-c1ccsc1)CO2. The minimum atomic E-state index is -0.343. The predicted molar refractivity (Wildman–Crippen MR) is 132 cm³/mol. The van der Waals surface area contributed by atoms with E-state index in [4.69, 9.17) is 14.6 Å². The van der Waals surface area contributed by atoms with Crippen molar-refractivity contribution in [1.29, 1.82) is 0 Å². The van der Waals surface area contributed by atoms with Crippen LogP contribution in [0.4, 0.5) is 0 Å². The molecule has 0 bridgehead atoms. The second-order valence-electron chi connectivity index (χ2n) is 9.34. The second kappa shape index (κ2) is 8.02. The van der Waals surface area contributed by atoms with Gasteiger partial charge in [0, 0.05) is 59.5 Å². The maximum Gasteiger partial charge on any atom is 0.274 e. The first kappa shape index (κ1) is 22.2. The van der Waals surface area contributed by atoms with Gasteiger partial charge < -0.3 is 14.4 Å². The number of rotatable bonds is 4.